The van der Waals surface area contributed by atoms with Crippen molar-refractivity contribution in [3.8, 4) is 0 Å². The summed E-state index contributed by atoms with van der Waals surface area (Å²) >= 11 is 0. The first-order valence-corrected chi connectivity index (χ1v) is 20.4. The standard InChI is InChI=1S/C41H81N2.BrH/c1-3-5-7-9-11-13-15-17-19-21-23-25-27-29-31-33-35-37-42-39-40-43(41-42)38-36-34-32-30-28-26-24-22-20-18-16-14-12-10-8-6-4-2;/h39-41H,3-38H2,1-2H3;1H/q+1;/p-1. The minimum atomic E-state index is 0. The van der Waals surface area contributed by atoms with Crippen LogP contribution in [0.4, 0.5) is 0 Å². The molecule has 0 aliphatic rings. The normalized spacial score (nSPS) is 11.3. The number of rotatable bonds is 36. The molecule has 44 heavy (non-hydrogen) atoms. The number of nitrogens with zero attached hydrogens (tertiary/aromatic N) is 2. The maximum atomic E-state index is 2.42. The number of aryl methyl sites for hydroxylation is 2. The molecule has 0 aromatic carbocycles. The Morgan fingerprint density at radius 3 is 0.955 bits per heavy atom. The number of unbranched alkanes of at least 4 members (excludes halogenated alkanes) is 32. The molecule has 0 unspecified atom stereocenters. The first kappa shape index (κ1) is 43.7. The summed E-state index contributed by atoms with van der Waals surface area (Å²) in [6.45, 7) is 7.01. The molecule has 2 nitrogen and oxygen atoms in total. The molecule has 0 bridgehead atoms. The van der Waals surface area contributed by atoms with Crippen molar-refractivity contribution in [1.29, 1.82) is 0 Å². The van der Waals surface area contributed by atoms with E-state index in [9.17, 15) is 0 Å². The second kappa shape index (κ2) is 37.2. The molecule has 0 saturated heterocycles. The molecule has 0 radical (unpaired) electrons. The Balaban J connectivity index is 0.0000185. The van der Waals surface area contributed by atoms with Gasteiger partial charge in [-0.3, -0.25) is 0 Å². The van der Waals surface area contributed by atoms with Crippen molar-refractivity contribution < 1.29 is 21.5 Å². The van der Waals surface area contributed by atoms with Gasteiger partial charge in [0.15, 0.2) is 0 Å². The third-order valence-electron chi connectivity index (χ3n) is 9.79. The fourth-order valence-electron chi connectivity index (χ4n) is 6.74. The van der Waals surface area contributed by atoms with Gasteiger partial charge in [0.25, 0.3) is 0 Å². The summed E-state index contributed by atoms with van der Waals surface area (Å²) in [5.41, 5.74) is 0. The number of hydrogen-bond donors (Lipinski definition) is 0. The van der Waals surface area contributed by atoms with E-state index < -0.39 is 0 Å². The van der Waals surface area contributed by atoms with Crippen molar-refractivity contribution in [2.75, 3.05) is 0 Å². The highest BCUT2D eigenvalue weighted by atomic mass is 79.9. The molecular formula is C41H81BrN2. The highest BCUT2D eigenvalue weighted by molar-refractivity contribution is 4.66. The summed E-state index contributed by atoms with van der Waals surface area (Å²) in [5, 5.41) is 0. The molecule has 0 fully saturated rings. The summed E-state index contributed by atoms with van der Waals surface area (Å²) in [7, 11) is 0. The predicted molar refractivity (Wildman–Crippen MR) is 193 cm³/mol. The summed E-state index contributed by atoms with van der Waals surface area (Å²) in [5.74, 6) is 0. The Kier molecular flexibility index (Phi) is 36.9. The van der Waals surface area contributed by atoms with Gasteiger partial charge in [-0.1, -0.05) is 206 Å². The van der Waals surface area contributed by atoms with Crippen LogP contribution in [-0.4, -0.2) is 4.57 Å². The Morgan fingerprint density at radius 2 is 0.636 bits per heavy atom. The van der Waals surface area contributed by atoms with E-state index >= 15 is 0 Å². The van der Waals surface area contributed by atoms with Crippen LogP contribution in [0, 0.1) is 0 Å². The smallest absolute Gasteiger partial charge is 0.243 e. The van der Waals surface area contributed by atoms with Crippen molar-refractivity contribution in [2.45, 2.75) is 245 Å². The molecule has 0 N–H and O–H groups in total. The zero-order chi connectivity index (χ0) is 30.7. The topological polar surface area (TPSA) is 8.81 Å². The second-order valence-electron chi connectivity index (χ2n) is 14.2. The summed E-state index contributed by atoms with van der Waals surface area (Å²) in [4.78, 5) is 0. The third kappa shape index (κ3) is 31.7. The second-order valence-corrected chi connectivity index (χ2v) is 14.2. The molecule has 1 heterocycles. The van der Waals surface area contributed by atoms with E-state index in [0.717, 1.165) is 0 Å². The lowest BCUT2D eigenvalue weighted by Gasteiger charge is -2.03. The van der Waals surface area contributed by atoms with Gasteiger partial charge < -0.3 is 17.0 Å². The molecule has 0 aliphatic heterocycles. The van der Waals surface area contributed by atoms with Crippen LogP contribution in [0.5, 0.6) is 0 Å². The van der Waals surface area contributed by atoms with Crippen molar-refractivity contribution >= 4 is 0 Å². The average molecular weight is 682 g/mol. The van der Waals surface area contributed by atoms with Gasteiger partial charge in [-0.2, -0.15) is 0 Å². The highest BCUT2D eigenvalue weighted by Crippen LogP contribution is 2.15. The summed E-state index contributed by atoms with van der Waals surface area (Å²) < 4.78 is 4.83. The minimum Gasteiger partial charge on any atom is -1.00 e. The monoisotopic (exact) mass is 681 g/mol. The van der Waals surface area contributed by atoms with Gasteiger partial charge in [0, 0.05) is 0 Å². The van der Waals surface area contributed by atoms with Gasteiger partial charge in [0.2, 0.25) is 6.33 Å². The lowest BCUT2D eigenvalue weighted by atomic mass is 10.0. The van der Waals surface area contributed by atoms with Gasteiger partial charge in [-0.25, -0.2) is 9.13 Å². The van der Waals surface area contributed by atoms with Crippen LogP contribution in [0.3, 0.4) is 0 Å². The van der Waals surface area contributed by atoms with E-state index in [0.29, 0.717) is 0 Å². The van der Waals surface area contributed by atoms with Crippen LogP contribution in [0.2, 0.25) is 0 Å². The lowest BCUT2D eigenvalue weighted by Crippen LogP contribution is -3.00. The minimum absolute atomic E-state index is 0. The molecule has 1 aromatic heterocycles. The number of hydrogen-bond acceptors (Lipinski definition) is 0. The quantitative estimate of drug-likeness (QED) is 0.0492. The molecule has 0 atom stereocenters. The van der Waals surface area contributed by atoms with Crippen LogP contribution in [0.25, 0.3) is 0 Å². The van der Waals surface area contributed by atoms with Crippen LogP contribution < -0.4 is 21.5 Å². The van der Waals surface area contributed by atoms with E-state index in [1.807, 2.05) is 0 Å². The predicted octanol–water partition coefficient (Wildman–Crippen LogP) is 11.1. The molecule has 262 valence electrons. The zero-order valence-electron chi connectivity index (χ0n) is 30.5. The molecule has 0 amide bonds. The van der Waals surface area contributed by atoms with Gasteiger partial charge >= 0.3 is 0 Å². The van der Waals surface area contributed by atoms with E-state index in [-0.39, 0.29) is 17.0 Å². The molecule has 0 aliphatic carbocycles. The number of aromatic nitrogens is 2. The SMILES string of the molecule is CCCCCCCCCCCCCCCCCCCn1cc[n+](CCCCCCCCCCCCCCCCCCC)c1.[Br-]. The Hall–Kier alpha value is -0.310. The molecule has 0 spiro atoms. The molecule has 0 saturated carbocycles. The van der Waals surface area contributed by atoms with Crippen LogP contribution in [0.15, 0.2) is 18.7 Å². The Morgan fingerprint density at radius 1 is 0.364 bits per heavy atom. The van der Waals surface area contributed by atoms with Crippen molar-refractivity contribution in [3.63, 3.8) is 0 Å². The van der Waals surface area contributed by atoms with Gasteiger partial charge in [-0.15, -0.1) is 0 Å². The highest BCUT2D eigenvalue weighted by Gasteiger charge is 2.04. The van der Waals surface area contributed by atoms with Crippen molar-refractivity contribution in [2.24, 2.45) is 0 Å². The van der Waals surface area contributed by atoms with Gasteiger partial charge in [0.05, 0.1) is 13.1 Å². The van der Waals surface area contributed by atoms with Gasteiger partial charge in [-0.05, 0) is 25.7 Å². The fraction of sp³-hybridized carbons (Fsp3) is 0.927. The Labute approximate surface area is 289 Å². The van der Waals surface area contributed by atoms with Crippen LogP contribution in [-0.2, 0) is 13.1 Å². The number of halogens is 1. The Bertz CT molecular complexity index is 590. The largest absolute Gasteiger partial charge is 1.00 e. The molecule has 1 rings (SSSR count). The van der Waals surface area contributed by atoms with Crippen molar-refractivity contribution in [3.05, 3.63) is 18.7 Å². The first-order valence-electron chi connectivity index (χ1n) is 20.4. The summed E-state index contributed by atoms with van der Waals surface area (Å²) in [6, 6.07) is 0. The third-order valence-corrected chi connectivity index (χ3v) is 9.79. The van der Waals surface area contributed by atoms with Crippen LogP contribution in [0.1, 0.15) is 232 Å². The lowest BCUT2D eigenvalue weighted by molar-refractivity contribution is -0.696. The number of imidazole rings is 1. The molecular weight excluding hydrogens is 600 g/mol. The van der Waals surface area contributed by atoms with Crippen molar-refractivity contribution in [1.82, 2.24) is 4.57 Å². The molecule has 3 heteroatoms. The zero-order valence-corrected chi connectivity index (χ0v) is 32.0. The van der Waals surface area contributed by atoms with E-state index in [4.69, 9.17) is 0 Å². The van der Waals surface area contributed by atoms with Crippen LogP contribution >= 0.6 is 0 Å². The maximum Gasteiger partial charge on any atom is 0.243 e. The van der Waals surface area contributed by atoms with Gasteiger partial charge in [0.1, 0.15) is 12.4 Å². The molecule has 1 aromatic rings. The summed E-state index contributed by atoms with van der Waals surface area (Å²) in [6.07, 6.45) is 56.2. The van der Waals surface area contributed by atoms with E-state index in [2.05, 4.69) is 41.7 Å². The average Bonchev–Trinajstić information content (AvgIpc) is 3.47. The fourth-order valence-corrected chi connectivity index (χ4v) is 6.74. The van der Waals surface area contributed by atoms with E-state index in [1.54, 1.807) is 0 Å². The first-order chi connectivity index (χ1) is 21.4. The maximum absolute atomic E-state index is 2.42. The van der Waals surface area contributed by atoms with E-state index in [1.165, 1.54) is 231 Å².